The van der Waals surface area contributed by atoms with Crippen LogP contribution in [0.1, 0.15) is 16.8 Å². The molecule has 1 heterocycles. The molecule has 0 unspecified atom stereocenters. The Morgan fingerprint density at radius 2 is 1.94 bits per heavy atom. The van der Waals surface area contributed by atoms with Gasteiger partial charge in [0.2, 0.25) is 5.91 Å². The lowest BCUT2D eigenvalue weighted by atomic mass is 10.1. The van der Waals surface area contributed by atoms with Gasteiger partial charge in [0, 0.05) is 25.7 Å². The van der Waals surface area contributed by atoms with Crippen LogP contribution in [-0.2, 0) is 24.2 Å². The summed E-state index contributed by atoms with van der Waals surface area (Å²) in [6, 6.07) is 14.1. The smallest absolute Gasteiger partial charge is 0.237 e. The second-order valence-electron chi connectivity index (χ2n) is 6.84. The first-order chi connectivity index (χ1) is 14.0. The van der Waals surface area contributed by atoms with Crippen LogP contribution in [0, 0.1) is 5.82 Å². The van der Waals surface area contributed by atoms with E-state index in [1.54, 1.807) is 18.5 Å². The number of benzene rings is 2. The maximum absolute atomic E-state index is 13.7. The van der Waals surface area contributed by atoms with Gasteiger partial charge in [0.25, 0.3) is 0 Å². The van der Waals surface area contributed by atoms with E-state index < -0.39 is 11.9 Å². The third kappa shape index (κ3) is 7.86. The summed E-state index contributed by atoms with van der Waals surface area (Å²) in [6.45, 7) is 1.09. The Labute approximate surface area is 193 Å². The van der Waals surface area contributed by atoms with Crippen LogP contribution in [0.15, 0.2) is 61.1 Å². The molecule has 0 bridgehead atoms. The van der Waals surface area contributed by atoms with E-state index in [4.69, 9.17) is 10.5 Å². The lowest BCUT2D eigenvalue weighted by Gasteiger charge is -2.11. The molecule has 3 N–H and O–H groups in total. The van der Waals surface area contributed by atoms with Crippen molar-refractivity contribution in [2.75, 3.05) is 13.7 Å². The normalized spacial score (nSPS) is 11.1. The van der Waals surface area contributed by atoms with E-state index >= 15 is 0 Å². The van der Waals surface area contributed by atoms with Crippen molar-refractivity contribution in [1.82, 2.24) is 14.9 Å². The van der Waals surface area contributed by atoms with Gasteiger partial charge in [-0.25, -0.2) is 9.37 Å². The zero-order chi connectivity index (χ0) is 20.6. The summed E-state index contributed by atoms with van der Waals surface area (Å²) in [5, 5.41) is 2.79. The van der Waals surface area contributed by atoms with E-state index in [0.717, 1.165) is 11.3 Å². The molecule has 0 saturated heterocycles. The molecule has 3 rings (SSSR count). The fourth-order valence-electron chi connectivity index (χ4n) is 3.04. The van der Waals surface area contributed by atoms with Crippen molar-refractivity contribution < 1.29 is 13.9 Å². The second kappa shape index (κ2) is 12.9. The molecule has 0 fully saturated rings. The van der Waals surface area contributed by atoms with Crippen molar-refractivity contribution in [2.45, 2.75) is 25.4 Å². The monoisotopic (exact) mass is 468 g/mol. The van der Waals surface area contributed by atoms with Crippen LogP contribution in [0.25, 0.3) is 0 Å². The summed E-state index contributed by atoms with van der Waals surface area (Å²) in [5.41, 5.74) is 8.73. The van der Waals surface area contributed by atoms with Gasteiger partial charge >= 0.3 is 0 Å². The number of carbonyl (C=O) groups excluding carboxylic acids is 1. The number of nitrogens with zero attached hydrogens (tertiary/aromatic N) is 2. The van der Waals surface area contributed by atoms with Gasteiger partial charge in [-0.1, -0.05) is 36.4 Å². The van der Waals surface area contributed by atoms with E-state index in [1.807, 2.05) is 41.1 Å². The number of ether oxygens (including phenoxy) is 1. The Morgan fingerprint density at radius 1 is 1.19 bits per heavy atom. The second-order valence-corrected chi connectivity index (χ2v) is 6.84. The van der Waals surface area contributed by atoms with Gasteiger partial charge in [-0.3, -0.25) is 4.79 Å². The van der Waals surface area contributed by atoms with Crippen LogP contribution in [0.2, 0.25) is 0 Å². The number of hydrogen-bond donors (Lipinski definition) is 2. The molecule has 2 aromatic carbocycles. The lowest BCUT2D eigenvalue weighted by molar-refractivity contribution is -0.122. The minimum Gasteiger partial charge on any atom is -0.494 e. The summed E-state index contributed by atoms with van der Waals surface area (Å²) in [5.74, 6) is -0.470. The maximum Gasteiger partial charge on any atom is 0.237 e. The zero-order valence-corrected chi connectivity index (χ0v) is 18.8. The molecular weight excluding hydrogens is 442 g/mol. The zero-order valence-electron chi connectivity index (χ0n) is 17.2. The first kappa shape index (κ1) is 26.4. The molecular formula is C22H27Cl2FN4O2. The fraction of sp³-hybridized carbons (Fsp3) is 0.273. The molecule has 3 aromatic rings. The first-order valence-corrected chi connectivity index (χ1v) is 9.45. The highest BCUT2D eigenvalue weighted by Gasteiger charge is 2.15. The summed E-state index contributed by atoms with van der Waals surface area (Å²) in [4.78, 5) is 16.6. The number of hydrogen-bond acceptors (Lipinski definition) is 4. The fourth-order valence-corrected chi connectivity index (χ4v) is 3.04. The highest BCUT2D eigenvalue weighted by Crippen LogP contribution is 2.17. The molecule has 0 aliphatic carbocycles. The largest absolute Gasteiger partial charge is 0.494 e. The van der Waals surface area contributed by atoms with E-state index in [0.29, 0.717) is 25.9 Å². The van der Waals surface area contributed by atoms with Gasteiger partial charge in [0.1, 0.15) is 0 Å². The Hall–Kier alpha value is -2.61. The summed E-state index contributed by atoms with van der Waals surface area (Å²) >= 11 is 0. The standard InChI is InChI=1S/C22H25FN4O2.2ClH/c1-29-21-8-7-16(11-19(21)23)9-10-25-22(28)20(24)12-18-14-27(15-26-18)13-17-5-3-2-4-6-17;;/h2-8,11,14-15,20H,9-10,12-13,24H2,1H3,(H,25,28);2*1H/t20-;;/m0../s1. The SMILES string of the molecule is COc1ccc(CCNC(=O)[C@@H](N)Cc2cn(Cc3ccccc3)cn2)cc1F.Cl.Cl. The predicted molar refractivity (Wildman–Crippen MR) is 124 cm³/mol. The third-order valence-electron chi connectivity index (χ3n) is 4.59. The van der Waals surface area contributed by atoms with Gasteiger partial charge in [-0.15, -0.1) is 24.8 Å². The van der Waals surface area contributed by atoms with Crippen LogP contribution in [0.3, 0.4) is 0 Å². The van der Waals surface area contributed by atoms with Crippen LogP contribution in [0.4, 0.5) is 4.39 Å². The number of aromatic nitrogens is 2. The van der Waals surface area contributed by atoms with Gasteiger partial charge in [0.15, 0.2) is 11.6 Å². The number of amides is 1. The topological polar surface area (TPSA) is 82.2 Å². The van der Waals surface area contributed by atoms with Gasteiger partial charge in [-0.05, 0) is 29.7 Å². The molecule has 31 heavy (non-hydrogen) atoms. The average molecular weight is 469 g/mol. The highest BCUT2D eigenvalue weighted by atomic mass is 35.5. The number of methoxy groups -OCH3 is 1. The Bertz CT molecular complexity index is 954. The minimum absolute atomic E-state index is 0. The quantitative estimate of drug-likeness (QED) is 0.505. The van der Waals surface area contributed by atoms with Gasteiger partial charge in [-0.2, -0.15) is 0 Å². The first-order valence-electron chi connectivity index (χ1n) is 9.45. The molecule has 9 heteroatoms. The molecule has 0 aliphatic heterocycles. The van der Waals surface area contributed by atoms with Crippen molar-refractivity contribution in [3.8, 4) is 5.75 Å². The van der Waals surface area contributed by atoms with E-state index in [2.05, 4.69) is 10.3 Å². The lowest BCUT2D eigenvalue weighted by Crippen LogP contribution is -2.42. The molecule has 0 saturated carbocycles. The number of nitrogens with two attached hydrogens (primary N) is 1. The molecule has 1 atom stereocenters. The summed E-state index contributed by atoms with van der Waals surface area (Å²) in [7, 11) is 1.42. The number of rotatable bonds is 9. The predicted octanol–water partition coefficient (Wildman–Crippen LogP) is 3.15. The average Bonchev–Trinajstić information content (AvgIpc) is 3.15. The van der Waals surface area contributed by atoms with Crippen molar-refractivity contribution in [1.29, 1.82) is 0 Å². The number of carbonyl (C=O) groups is 1. The van der Waals surface area contributed by atoms with E-state index in [1.165, 1.54) is 18.7 Å². The molecule has 1 aromatic heterocycles. The van der Waals surface area contributed by atoms with Gasteiger partial charge < -0.3 is 20.4 Å². The summed E-state index contributed by atoms with van der Waals surface area (Å²) < 4.78 is 20.6. The molecule has 0 aliphatic rings. The Kier molecular flexibility index (Phi) is 11.0. The maximum atomic E-state index is 13.7. The number of nitrogens with one attached hydrogen (secondary N) is 1. The van der Waals surface area contributed by atoms with Crippen LogP contribution in [-0.4, -0.2) is 35.2 Å². The molecule has 0 radical (unpaired) electrons. The minimum atomic E-state index is -0.692. The molecule has 168 valence electrons. The van der Waals surface area contributed by atoms with Crippen molar-refractivity contribution in [3.05, 3.63) is 83.7 Å². The van der Waals surface area contributed by atoms with Crippen LogP contribution in [0.5, 0.6) is 5.75 Å². The van der Waals surface area contributed by atoms with Crippen molar-refractivity contribution >= 4 is 30.7 Å². The van der Waals surface area contributed by atoms with Crippen LogP contribution >= 0.6 is 24.8 Å². The van der Waals surface area contributed by atoms with Crippen LogP contribution < -0.4 is 15.8 Å². The number of imidazole rings is 1. The van der Waals surface area contributed by atoms with Crippen molar-refractivity contribution in [3.63, 3.8) is 0 Å². The Morgan fingerprint density at radius 3 is 2.61 bits per heavy atom. The molecule has 6 nitrogen and oxygen atoms in total. The summed E-state index contributed by atoms with van der Waals surface area (Å²) in [6.07, 6.45) is 4.50. The number of halogens is 3. The molecule has 0 spiro atoms. The van der Waals surface area contributed by atoms with Crippen molar-refractivity contribution in [2.24, 2.45) is 5.73 Å². The Balaban J connectivity index is 0.00000240. The van der Waals surface area contributed by atoms with E-state index in [9.17, 15) is 9.18 Å². The molecule has 1 amide bonds. The highest BCUT2D eigenvalue weighted by molar-refractivity contribution is 5.85. The van der Waals surface area contributed by atoms with Gasteiger partial charge in [0.05, 0.1) is 25.2 Å². The van der Waals surface area contributed by atoms with E-state index in [-0.39, 0.29) is 36.5 Å². The third-order valence-corrected chi connectivity index (χ3v) is 4.59.